The minimum atomic E-state index is -0.652. The van der Waals surface area contributed by atoms with Gasteiger partial charge in [0, 0.05) is 31.5 Å². The molecular formula is C14H21N3O2. The van der Waals surface area contributed by atoms with Gasteiger partial charge in [-0.25, -0.2) is 0 Å². The van der Waals surface area contributed by atoms with Gasteiger partial charge in [0.15, 0.2) is 0 Å². The van der Waals surface area contributed by atoms with Crippen molar-refractivity contribution in [3.05, 3.63) is 23.8 Å². The summed E-state index contributed by atoms with van der Waals surface area (Å²) in [5.41, 5.74) is 2.70. The standard InChI is InChI=1S/C14H21N3O2/c1-5-17(6-2)11-7-8-12(10(3)9-11)16-14(19)13(18)15-4/h7-9H,5-6H2,1-4H3,(H,15,18)(H,16,19). The second-order valence-corrected chi connectivity index (χ2v) is 4.20. The highest BCUT2D eigenvalue weighted by Gasteiger charge is 2.13. The number of likely N-dealkylation sites (N-methyl/N-ethyl adjacent to an activating group) is 1. The number of nitrogens with zero attached hydrogens (tertiary/aromatic N) is 1. The zero-order chi connectivity index (χ0) is 14.4. The summed E-state index contributed by atoms with van der Waals surface area (Å²) >= 11 is 0. The molecule has 0 saturated heterocycles. The zero-order valence-corrected chi connectivity index (χ0v) is 11.9. The summed E-state index contributed by atoms with van der Waals surface area (Å²) in [6, 6.07) is 5.77. The summed E-state index contributed by atoms with van der Waals surface area (Å²) in [5, 5.41) is 4.89. The molecule has 19 heavy (non-hydrogen) atoms. The van der Waals surface area contributed by atoms with Crippen LogP contribution in [0.25, 0.3) is 0 Å². The Morgan fingerprint density at radius 3 is 2.26 bits per heavy atom. The van der Waals surface area contributed by atoms with E-state index in [0.717, 1.165) is 24.3 Å². The van der Waals surface area contributed by atoms with Crippen molar-refractivity contribution < 1.29 is 9.59 Å². The summed E-state index contributed by atoms with van der Waals surface area (Å²) in [6.45, 7) is 7.96. The van der Waals surface area contributed by atoms with E-state index in [1.807, 2.05) is 25.1 Å². The zero-order valence-electron chi connectivity index (χ0n) is 11.9. The molecule has 2 N–H and O–H groups in total. The Labute approximate surface area is 114 Å². The number of rotatable bonds is 4. The maximum atomic E-state index is 11.5. The molecule has 0 atom stereocenters. The average molecular weight is 263 g/mol. The molecule has 0 saturated carbocycles. The molecule has 0 aromatic heterocycles. The molecule has 0 aliphatic rings. The highest BCUT2D eigenvalue weighted by molar-refractivity contribution is 6.39. The Bertz CT molecular complexity index is 468. The number of aryl methyl sites for hydroxylation is 1. The highest BCUT2D eigenvalue weighted by atomic mass is 16.2. The molecule has 0 bridgehead atoms. The summed E-state index contributed by atoms with van der Waals surface area (Å²) in [4.78, 5) is 24.9. The minimum Gasteiger partial charge on any atom is -0.372 e. The van der Waals surface area contributed by atoms with E-state index in [9.17, 15) is 9.59 Å². The van der Waals surface area contributed by atoms with Crippen LogP contribution in [0.4, 0.5) is 11.4 Å². The largest absolute Gasteiger partial charge is 0.372 e. The van der Waals surface area contributed by atoms with E-state index in [-0.39, 0.29) is 0 Å². The van der Waals surface area contributed by atoms with E-state index in [1.54, 1.807) is 0 Å². The number of carbonyl (C=O) groups excluding carboxylic acids is 2. The number of carbonyl (C=O) groups is 2. The molecule has 104 valence electrons. The van der Waals surface area contributed by atoms with E-state index in [1.165, 1.54) is 7.05 Å². The van der Waals surface area contributed by atoms with Crippen molar-refractivity contribution in [3.8, 4) is 0 Å². The fourth-order valence-electron chi connectivity index (χ4n) is 1.87. The van der Waals surface area contributed by atoms with Crippen LogP contribution >= 0.6 is 0 Å². The number of nitrogens with one attached hydrogen (secondary N) is 2. The SMILES string of the molecule is CCN(CC)c1ccc(NC(=O)C(=O)NC)c(C)c1. The topological polar surface area (TPSA) is 61.4 Å². The molecule has 5 nitrogen and oxygen atoms in total. The molecule has 0 heterocycles. The lowest BCUT2D eigenvalue weighted by molar-refractivity contribution is -0.135. The first-order chi connectivity index (χ1) is 9.03. The summed E-state index contributed by atoms with van der Waals surface area (Å²) < 4.78 is 0. The van der Waals surface area contributed by atoms with Gasteiger partial charge in [-0.15, -0.1) is 0 Å². The molecule has 0 fully saturated rings. The smallest absolute Gasteiger partial charge is 0.313 e. The lowest BCUT2D eigenvalue weighted by atomic mass is 10.1. The molecule has 1 aromatic rings. The van der Waals surface area contributed by atoms with E-state index < -0.39 is 11.8 Å². The van der Waals surface area contributed by atoms with Gasteiger partial charge in [0.25, 0.3) is 0 Å². The predicted octanol–water partition coefficient (Wildman–Crippen LogP) is 1.53. The quantitative estimate of drug-likeness (QED) is 0.810. The van der Waals surface area contributed by atoms with Gasteiger partial charge in [-0.1, -0.05) is 0 Å². The minimum absolute atomic E-state index is 0.646. The third-order valence-electron chi connectivity index (χ3n) is 3.02. The van der Waals surface area contributed by atoms with Crippen LogP contribution in [0.3, 0.4) is 0 Å². The van der Waals surface area contributed by atoms with Crippen molar-refractivity contribution in [1.29, 1.82) is 0 Å². The first kappa shape index (κ1) is 15.0. The van der Waals surface area contributed by atoms with Crippen LogP contribution in [0.1, 0.15) is 19.4 Å². The molecule has 1 rings (SSSR count). The van der Waals surface area contributed by atoms with E-state index in [2.05, 4.69) is 29.4 Å². The molecule has 5 heteroatoms. The van der Waals surface area contributed by atoms with Gasteiger partial charge in [0.1, 0.15) is 0 Å². The van der Waals surface area contributed by atoms with Crippen molar-refractivity contribution in [3.63, 3.8) is 0 Å². The van der Waals surface area contributed by atoms with Crippen LogP contribution in [0, 0.1) is 6.92 Å². The summed E-state index contributed by atoms with van der Waals surface area (Å²) in [5.74, 6) is -1.30. The monoisotopic (exact) mass is 263 g/mol. The lowest BCUT2D eigenvalue weighted by Gasteiger charge is -2.22. The molecule has 1 aromatic carbocycles. The van der Waals surface area contributed by atoms with Crippen molar-refractivity contribution in [1.82, 2.24) is 5.32 Å². The van der Waals surface area contributed by atoms with Gasteiger partial charge in [0.2, 0.25) is 0 Å². The number of amides is 2. The van der Waals surface area contributed by atoms with E-state index >= 15 is 0 Å². The van der Waals surface area contributed by atoms with Crippen molar-refractivity contribution in [2.24, 2.45) is 0 Å². The third kappa shape index (κ3) is 3.71. The Hall–Kier alpha value is -2.04. The van der Waals surface area contributed by atoms with Crippen molar-refractivity contribution in [2.75, 3.05) is 30.4 Å². The van der Waals surface area contributed by atoms with Crippen LogP contribution in [0.5, 0.6) is 0 Å². The number of anilines is 2. The van der Waals surface area contributed by atoms with Gasteiger partial charge >= 0.3 is 11.8 Å². The van der Waals surface area contributed by atoms with E-state index in [0.29, 0.717) is 5.69 Å². The second-order valence-electron chi connectivity index (χ2n) is 4.20. The van der Waals surface area contributed by atoms with Gasteiger partial charge in [0.05, 0.1) is 0 Å². The number of hydrogen-bond donors (Lipinski definition) is 2. The molecule has 0 aliphatic heterocycles. The maximum Gasteiger partial charge on any atom is 0.313 e. The Morgan fingerprint density at radius 2 is 1.79 bits per heavy atom. The van der Waals surface area contributed by atoms with Crippen molar-refractivity contribution in [2.45, 2.75) is 20.8 Å². The molecule has 0 unspecified atom stereocenters. The Morgan fingerprint density at radius 1 is 1.16 bits per heavy atom. The molecular weight excluding hydrogens is 242 g/mol. The highest BCUT2D eigenvalue weighted by Crippen LogP contribution is 2.22. The fourth-order valence-corrected chi connectivity index (χ4v) is 1.87. The fraction of sp³-hybridized carbons (Fsp3) is 0.429. The Kier molecular flexibility index (Phi) is 5.36. The Balaban J connectivity index is 2.89. The van der Waals surface area contributed by atoms with Crippen LogP contribution in [-0.4, -0.2) is 32.0 Å². The molecule has 0 radical (unpaired) electrons. The average Bonchev–Trinajstić information content (AvgIpc) is 2.42. The van der Waals surface area contributed by atoms with Gasteiger partial charge in [-0.3, -0.25) is 9.59 Å². The van der Waals surface area contributed by atoms with Crippen LogP contribution in [0.2, 0.25) is 0 Å². The first-order valence-corrected chi connectivity index (χ1v) is 6.42. The number of benzene rings is 1. The van der Waals surface area contributed by atoms with E-state index in [4.69, 9.17) is 0 Å². The predicted molar refractivity (Wildman–Crippen MR) is 77.4 cm³/mol. The summed E-state index contributed by atoms with van der Waals surface area (Å²) in [6.07, 6.45) is 0. The van der Waals surface area contributed by atoms with Crippen LogP contribution in [-0.2, 0) is 9.59 Å². The molecule has 0 aliphatic carbocycles. The second kappa shape index (κ2) is 6.78. The first-order valence-electron chi connectivity index (χ1n) is 6.42. The van der Waals surface area contributed by atoms with Gasteiger partial charge in [-0.05, 0) is 44.5 Å². The lowest BCUT2D eigenvalue weighted by Crippen LogP contribution is -2.32. The van der Waals surface area contributed by atoms with Crippen LogP contribution in [0.15, 0.2) is 18.2 Å². The van der Waals surface area contributed by atoms with Gasteiger partial charge < -0.3 is 15.5 Å². The summed E-state index contributed by atoms with van der Waals surface area (Å²) in [7, 11) is 1.43. The number of hydrogen-bond acceptors (Lipinski definition) is 3. The maximum absolute atomic E-state index is 11.5. The van der Waals surface area contributed by atoms with Crippen LogP contribution < -0.4 is 15.5 Å². The molecule has 0 spiro atoms. The third-order valence-corrected chi connectivity index (χ3v) is 3.02. The van der Waals surface area contributed by atoms with Crippen molar-refractivity contribution >= 4 is 23.2 Å². The van der Waals surface area contributed by atoms with Gasteiger partial charge in [-0.2, -0.15) is 0 Å². The normalized spacial score (nSPS) is 9.89. The molecule has 2 amide bonds.